The molecule has 0 unspecified atom stereocenters. The van der Waals surface area contributed by atoms with E-state index >= 15 is 0 Å². The zero-order valence-electron chi connectivity index (χ0n) is 29.6. The van der Waals surface area contributed by atoms with Crippen molar-refractivity contribution in [1.82, 2.24) is 0 Å². The molecule has 0 saturated heterocycles. The molecule has 0 bridgehead atoms. The van der Waals surface area contributed by atoms with Crippen molar-refractivity contribution in [3.05, 3.63) is 157 Å². The van der Waals surface area contributed by atoms with Crippen molar-refractivity contribution in [2.24, 2.45) is 0 Å². The first-order valence-electron chi connectivity index (χ1n) is 16.9. The maximum atomic E-state index is 7.07. The minimum Gasteiger partial charge on any atom is -0.407 e. The van der Waals surface area contributed by atoms with Gasteiger partial charge in [-0.25, -0.2) is 0 Å². The highest BCUT2D eigenvalue weighted by Gasteiger charge is 2.51. The van der Waals surface area contributed by atoms with E-state index in [1.54, 1.807) is 0 Å². The maximum absolute atomic E-state index is 7.07. The average molecular weight is 659 g/mol. The van der Waals surface area contributed by atoms with Gasteiger partial charge in [-0.2, -0.15) is 0 Å². The molecule has 0 aliphatic rings. The predicted molar refractivity (Wildman–Crippen MR) is 208 cm³/mol. The van der Waals surface area contributed by atoms with Gasteiger partial charge in [0.15, 0.2) is 0 Å². The molecule has 0 atom stereocenters. The third-order valence-corrected chi connectivity index (χ3v) is 19.3. The number of benzene rings is 4. The molecule has 0 aliphatic carbocycles. The van der Waals surface area contributed by atoms with Crippen LogP contribution in [0.4, 0.5) is 0 Å². The second kappa shape index (κ2) is 16.0. The van der Waals surface area contributed by atoms with Crippen molar-refractivity contribution in [3.8, 4) is 0 Å². The normalized spacial score (nSPS) is 13.2. The molecule has 0 spiro atoms. The molecule has 4 aromatic rings. The molecular formula is C43H54O2Si2. The van der Waals surface area contributed by atoms with Gasteiger partial charge in [0.2, 0.25) is 0 Å². The molecule has 0 fully saturated rings. The Bertz CT molecular complexity index is 1520. The fourth-order valence-corrected chi connectivity index (χ4v) is 15.8. The molecule has 4 rings (SSSR count). The zero-order valence-corrected chi connectivity index (χ0v) is 31.6. The van der Waals surface area contributed by atoms with Gasteiger partial charge in [-0.3, -0.25) is 0 Å². The summed E-state index contributed by atoms with van der Waals surface area (Å²) in [5.74, 6) is 0. The van der Waals surface area contributed by atoms with Crippen LogP contribution in [0.3, 0.4) is 0 Å². The Morgan fingerprint density at radius 2 is 0.936 bits per heavy atom. The Morgan fingerprint density at radius 1 is 0.574 bits per heavy atom. The van der Waals surface area contributed by atoms with E-state index in [-0.39, 0.29) is 10.1 Å². The van der Waals surface area contributed by atoms with E-state index in [0.29, 0.717) is 13.2 Å². The van der Waals surface area contributed by atoms with Crippen molar-refractivity contribution < 1.29 is 8.85 Å². The van der Waals surface area contributed by atoms with Crippen LogP contribution < -0.4 is 20.7 Å². The summed E-state index contributed by atoms with van der Waals surface area (Å²) in [5, 5.41) is 5.16. The first-order valence-corrected chi connectivity index (χ1v) is 20.7. The summed E-state index contributed by atoms with van der Waals surface area (Å²) in [7, 11) is -5.08. The van der Waals surface area contributed by atoms with Gasteiger partial charge in [0.1, 0.15) is 0 Å². The third kappa shape index (κ3) is 8.31. The van der Waals surface area contributed by atoms with E-state index in [9.17, 15) is 0 Å². The number of allylic oxidation sites excluding steroid dienone is 3. The highest BCUT2D eigenvalue weighted by Crippen LogP contribution is 2.38. The van der Waals surface area contributed by atoms with Gasteiger partial charge in [-0.1, -0.05) is 188 Å². The van der Waals surface area contributed by atoms with Crippen LogP contribution in [0.15, 0.2) is 157 Å². The van der Waals surface area contributed by atoms with Crippen LogP contribution >= 0.6 is 0 Å². The molecule has 0 aliphatic heterocycles. The SMILES string of the molecule is C=C(C/C=C/CCO[Si](c1ccccc1)(c1ccccc1)C(C)(C)C)/C(C)=C\CO[Si](c1ccccc1)(c1ccccc1)C(C)(C)C. The van der Waals surface area contributed by atoms with Crippen LogP contribution in [0, 0.1) is 0 Å². The summed E-state index contributed by atoms with van der Waals surface area (Å²) in [5.41, 5.74) is 2.29. The Morgan fingerprint density at radius 3 is 1.30 bits per heavy atom. The zero-order chi connectivity index (χ0) is 34.0. The van der Waals surface area contributed by atoms with Crippen LogP contribution in [0.5, 0.6) is 0 Å². The molecule has 0 heterocycles. The second-order valence-corrected chi connectivity index (χ2v) is 23.1. The Labute approximate surface area is 287 Å². The topological polar surface area (TPSA) is 18.5 Å². The number of hydrogen-bond acceptors (Lipinski definition) is 2. The quantitative estimate of drug-likeness (QED) is 0.0583. The van der Waals surface area contributed by atoms with Crippen molar-refractivity contribution in [2.75, 3.05) is 13.2 Å². The molecule has 2 nitrogen and oxygen atoms in total. The minimum atomic E-state index is -2.57. The lowest BCUT2D eigenvalue weighted by molar-refractivity contribution is 0.304. The average Bonchev–Trinajstić information content (AvgIpc) is 3.06. The van der Waals surface area contributed by atoms with Gasteiger partial charge in [0.05, 0.1) is 6.61 Å². The van der Waals surface area contributed by atoms with E-state index in [0.717, 1.165) is 18.4 Å². The lowest BCUT2D eigenvalue weighted by atomic mass is 10.1. The smallest absolute Gasteiger partial charge is 0.261 e. The summed E-state index contributed by atoms with van der Waals surface area (Å²) in [6, 6.07) is 43.3. The lowest BCUT2D eigenvalue weighted by Crippen LogP contribution is -2.66. The number of rotatable bonds is 14. The van der Waals surface area contributed by atoms with E-state index < -0.39 is 16.6 Å². The fraction of sp³-hybridized carbons (Fsp3) is 0.302. The number of hydrogen-bond donors (Lipinski definition) is 0. The van der Waals surface area contributed by atoms with Gasteiger partial charge >= 0.3 is 0 Å². The van der Waals surface area contributed by atoms with Crippen LogP contribution in [-0.2, 0) is 8.85 Å². The Kier molecular flexibility index (Phi) is 12.4. The molecule has 0 amide bonds. The summed E-state index contributed by atoms with van der Waals surface area (Å²) >= 11 is 0. The van der Waals surface area contributed by atoms with E-state index in [2.05, 4.69) is 195 Å². The summed E-state index contributed by atoms with van der Waals surface area (Å²) in [4.78, 5) is 0. The summed E-state index contributed by atoms with van der Waals surface area (Å²) in [6.07, 6.45) is 8.35. The van der Waals surface area contributed by atoms with Crippen LogP contribution in [0.1, 0.15) is 61.3 Å². The standard InChI is InChI=1S/C43H54O2Si2/c1-36(37(2)33-35-45-47(43(6,7)8,40-29-19-11-20-30-40)41-31-21-12-22-32-41)24-14-13-23-34-44-46(42(3,4)5,38-25-15-9-16-26-38)39-27-17-10-18-28-39/h9-22,25-33H,1,23-24,34-35H2,2-8H3/b14-13+,37-33-. The largest absolute Gasteiger partial charge is 0.407 e. The van der Waals surface area contributed by atoms with E-state index in [1.165, 1.54) is 26.3 Å². The molecule has 4 aromatic carbocycles. The monoisotopic (exact) mass is 658 g/mol. The van der Waals surface area contributed by atoms with Gasteiger partial charge in [0, 0.05) is 6.61 Å². The van der Waals surface area contributed by atoms with E-state index in [4.69, 9.17) is 8.85 Å². The molecule has 47 heavy (non-hydrogen) atoms. The highest BCUT2D eigenvalue weighted by atomic mass is 28.4. The first-order chi connectivity index (χ1) is 22.4. The van der Waals surface area contributed by atoms with Gasteiger partial charge in [0.25, 0.3) is 16.6 Å². The van der Waals surface area contributed by atoms with Crippen LogP contribution in [-0.4, -0.2) is 29.8 Å². The van der Waals surface area contributed by atoms with Crippen molar-refractivity contribution in [3.63, 3.8) is 0 Å². The maximum Gasteiger partial charge on any atom is 0.261 e. The molecule has 4 heteroatoms. The molecule has 0 aromatic heterocycles. The van der Waals surface area contributed by atoms with E-state index in [1.807, 2.05) is 0 Å². The third-order valence-electron chi connectivity index (χ3n) is 9.21. The Hall–Kier alpha value is -3.55. The van der Waals surface area contributed by atoms with Gasteiger partial charge in [-0.05, 0) is 61.7 Å². The van der Waals surface area contributed by atoms with Crippen molar-refractivity contribution in [2.45, 2.75) is 71.4 Å². The molecule has 0 saturated carbocycles. The second-order valence-electron chi connectivity index (χ2n) is 14.4. The van der Waals surface area contributed by atoms with Crippen molar-refractivity contribution in [1.29, 1.82) is 0 Å². The summed E-state index contributed by atoms with van der Waals surface area (Å²) < 4.78 is 14.1. The first kappa shape index (κ1) is 36.3. The molecular weight excluding hydrogens is 605 g/mol. The molecule has 0 N–H and O–H groups in total. The predicted octanol–water partition coefficient (Wildman–Crippen LogP) is 8.98. The summed E-state index contributed by atoms with van der Waals surface area (Å²) in [6.45, 7) is 21.7. The molecule has 246 valence electrons. The Balaban J connectivity index is 1.42. The molecule has 0 radical (unpaired) electrons. The van der Waals surface area contributed by atoms with Crippen LogP contribution in [0.2, 0.25) is 10.1 Å². The van der Waals surface area contributed by atoms with Crippen molar-refractivity contribution >= 4 is 37.4 Å². The lowest BCUT2D eigenvalue weighted by Gasteiger charge is -2.43. The van der Waals surface area contributed by atoms with Crippen LogP contribution in [0.25, 0.3) is 0 Å². The fourth-order valence-electron chi connectivity index (χ4n) is 6.74. The van der Waals surface area contributed by atoms with Gasteiger partial charge in [-0.15, -0.1) is 0 Å². The highest BCUT2D eigenvalue weighted by molar-refractivity contribution is 7.00. The van der Waals surface area contributed by atoms with Gasteiger partial charge < -0.3 is 8.85 Å². The minimum absolute atomic E-state index is 0.0217.